The maximum Gasteiger partial charge on any atom is 0.00398 e. The van der Waals surface area contributed by atoms with Gasteiger partial charge in [0.1, 0.15) is 0 Å². The monoisotopic (exact) mass is 135 g/mol. The zero-order chi connectivity index (χ0) is 6.97. The second-order valence-electron chi connectivity index (χ2n) is 3.48. The minimum atomic E-state index is 1.03. The van der Waals surface area contributed by atoms with Gasteiger partial charge < -0.3 is 0 Å². The average Bonchev–Trinajstić information content (AvgIpc) is 2.67. The van der Waals surface area contributed by atoms with Crippen LogP contribution in [0.1, 0.15) is 39.0 Å². The van der Waals surface area contributed by atoms with Gasteiger partial charge in [0.25, 0.3) is 0 Å². The Morgan fingerprint density at radius 3 is 3.30 bits per heavy atom. The van der Waals surface area contributed by atoms with Gasteiger partial charge in [0.2, 0.25) is 0 Å². The molecule has 1 radical (unpaired) electrons. The summed E-state index contributed by atoms with van der Waals surface area (Å²) in [6.07, 6.45) is 9.36. The summed E-state index contributed by atoms with van der Waals surface area (Å²) in [5.74, 6) is 2.83. The van der Waals surface area contributed by atoms with Crippen LogP contribution in [0, 0.1) is 11.8 Å². The van der Waals surface area contributed by atoms with E-state index in [4.69, 9.17) is 0 Å². The predicted molar refractivity (Wildman–Crippen MR) is 43.6 cm³/mol. The molecule has 0 nitrogen and oxygen atoms in total. The Labute approximate surface area is 63.3 Å². The molecular weight excluding hydrogens is 120 g/mol. The zero-order valence-electron chi connectivity index (χ0n) is 6.69. The molecule has 0 aromatic carbocycles. The fraction of sp³-hybridized carbons (Fsp3) is 0.700. The van der Waals surface area contributed by atoms with Gasteiger partial charge in [-0.25, -0.2) is 0 Å². The number of hydrogen-bond acceptors (Lipinski definition) is 0. The lowest BCUT2D eigenvalue weighted by Gasteiger charge is -2.09. The topological polar surface area (TPSA) is 0 Å². The summed E-state index contributed by atoms with van der Waals surface area (Å²) in [6.45, 7) is 2.27. The quantitative estimate of drug-likeness (QED) is 0.545. The molecule has 1 fully saturated rings. The van der Waals surface area contributed by atoms with E-state index in [1.54, 1.807) is 11.5 Å². The normalized spacial score (nSPS) is 31.3. The fourth-order valence-electron chi connectivity index (χ4n) is 2.00. The maximum absolute atomic E-state index is 2.46. The lowest BCUT2D eigenvalue weighted by molar-refractivity contribution is 0.714. The van der Waals surface area contributed by atoms with Crippen LogP contribution in [0.5, 0.6) is 0 Å². The van der Waals surface area contributed by atoms with Crippen molar-refractivity contribution in [1.29, 1.82) is 0 Å². The van der Waals surface area contributed by atoms with Gasteiger partial charge in [-0.3, -0.25) is 0 Å². The van der Waals surface area contributed by atoms with E-state index in [2.05, 4.69) is 13.0 Å². The van der Waals surface area contributed by atoms with Crippen LogP contribution >= 0.6 is 0 Å². The van der Waals surface area contributed by atoms with Crippen LogP contribution in [-0.4, -0.2) is 0 Å². The van der Waals surface area contributed by atoms with Crippen LogP contribution in [0.4, 0.5) is 0 Å². The molecule has 0 amide bonds. The molecule has 1 unspecified atom stereocenters. The Kier molecular flexibility index (Phi) is 1.55. The van der Waals surface area contributed by atoms with E-state index in [1.807, 2.05) is 0 Å². The first-order chi connectivity index (χ1) is 4.92. The molecule has 55 valence electrons. The third-order valence-corrected chi connectivity index (χ3v) is 2.64. The predicted octanol–water partition coefficient (Wildman–Crippen LogP) is 3.10. The Bertz CT molecular complexity index is 155. The fourth-order valence-corrected chi connectivity index (χ4v) is 2.00. The van der Waals surface area contributed by atoms with Gasteiger partial charge in [0, 0.05) is 5.92 Å². The first kappa shape index (κ1) is 6.45. The van der Waals surface area contributed by atoms with E-state index < -0.39 is 0 Å². The van der Waals surface area contributed by atoms with Crippen molar-refractivity contribution in [3.8, 4) is 0 Å². The van der Waals surface area contributed by atoms with E-state index in [0.717, 1.165) is 5.92 Å². The lowest BCUT2D eigenvalue weighted by Crippen LogP contribution is -1.93. The van der Waals surface area contributed by atoms with E-state index in [1.165, 1.54) is 32.1 Å². The highest BCUT2D eigenvalue weighted by molar-refractivity contribution is 5.39. The van der Waals surface area contributed by atoms with Gasteiger partial charge in [-0.2, -0.15) is 0 Å². The minimum absolute atomic E-state index is 1.03. The molecular formula is C10H15. The molecule has 2 aliphatic rings. The molecule has 1 saturated carbocycles. The molecule has 0 bridgehead atoms. The Hall–Kier alpha value is -0.260. The number of allylic oxidation sites excluding steroid dienone is 2. The van der Waals surface area contributed by atoms with Crippen LogP contribution in [0.2, 0.25) is 0 Å². The van der Waals surface area contributed by atoms with Gasteiger partial charge >= 0.3 is 0 Å². The Morgan fingerprint density at radius 2 is 2.50 bits per heavy atom. The summed E-state index contributed by atoms with van der Waals surface area (Å²) < 4.78 is 0. The standard InChI is InChI=1S/C10H15/c1-2-4-8-5-3-6-9-7-10(8)9/h5,9H,2-4,6-7H2,1H3. The van der Waals surface area contributed by atoms with E-state index >= 15 is 0 Å². The highest BCUT2D eigenvalue weighted by Gasteiger charge is 2.40. The van der Waals surface area contributed by atoms with Crippen LogP contribution in [0.25, 0.3) is 0 Å². The van der Waals surface area contributed by atoms with Gasteiger partial charge in [-0.05, 0) is 31.6 Å². The van der Waals surface area contributed by atoms with E-state index in [9.17, 15) is 0 Å². The molecule has 0 N–H and O–H groups in total. The molecule has 0 heterocycles. The van der Waals surface area contributed by atoms with Crippen molar-refractivity contribution in [2.75, 3.05) is 0 Å². The number of rotatable bonds is 2. The van der Waals surface area contributed by atoms with Crippen LogP contribution in [0.3, 0.4) is 0 Å². The van der Waals surface area contributed by atoms with E-state index in [0.29, 0.717) is 0 Å². The molecule has 10 heavy (non-hydrogen) atoms. The SMILES string of the molecule is CCCC1=CCCC2C[C]12. The lowest BCUT2D eigenvalue weighted by atomic mass is 9.96. The molecule has 2 rings (SSSR count). The molecule has 0 heteroatoms. The second kappa shape index (κ2) is 2.41. The highest BCUT2D eigenvalue weighted by Crippen LogP contribution is 2.53. The van der Waals surface area contributed by atoms with Crippen molar-refractivity contribution in [2.45, 2.75) is 39.0 Å². The first-order valence-electron chi connectivity index (χ1n) is 4.47. The summed E-state index contributed by atoms with van der Waals surface area (Å²) in [6, 6.07) is 0. The van der Waals surface area contributed by atoms with Crippen molar-refractivity contribution in [3.63, 3.8) is 0 Å². The average molecular weight is 135 g/mol. The third-order valence-electron chi connectivity index (χ3n) is 2.64. The smallest absolute Gasteiger partial charge is 0.00398 e. The zero-order valence-corrected chi connectivity index (χ0v) is 6.69. The highest BCUT2D eigenvalue weighted by atomic mass is 14.4. The molecule has 0 aromatic heterocycles. The largest absolute Gasteiger partial charge is 0.0847 e. The van der Waals surface area contributed by atoms with Crippen molar-refractivity contribution in [3.05, 3.63) is 17.6 Å². The molecule has 1 atom stereocenters. The Balaban J connectivity index is 1.98. The second-order valence-corrected chi connectivity index (χ2v) is 3.48. The minimum Gasteiger partial charge on any atom is -0.0847 e. The van der Waals surface area contributed by atoms with Crippen LogP contribution < -0.4 is 0 Å². The van der Waals surface area contributed by atoms with Crippen molar-refractivity contribution < 1.29 is 0 Å². The van der Waals surface area contributed by atoms with Crippen molar-refractivity contribution in [2.24, 2.45) is 5.92 Å². The van der Waals surface area contributed by atoms with Gasteiger partial charge in [-0.1, -0.05) is 25.0 Å². The van der Waals surface area contributed by atoms with Gasteiger partial charge in [0.05, 0.1) is 0 Å². The third kappa shape index (κ3) is 1.00. The summed E-state index contributed by atoms with van der Waals surface area (Å²) in [5, 5.41) is 0. The summed E-state index contributed by atoms with van der Waals surface area (Å²) in [4.78, 5) is 0. The van der Waals surface area contributed by atoms with E-state index in [-0.39, 0.29) is 0 Å². The molecule has 0 aliphatic heterocycles. The Morgan fingerprint density at radius 1 is 1.60 bits per heavy atom. The first-order valence-corrected chi connectivity index (χ1v) is 4.47. The van der Waals surface area contributed by atoms with Gasteiger partial charge in [0.15, 0.2) is 0 Å². The molecule has 0 spiro atoms. The molecule has 0 aromatic rings. The molecule has 0 saturated heterocycles. The van der Waals surface area contributed by atoms with Crippen molar-refractivity contribution in [1.82, 2.24) is 0 Å². The van der Waals surface area contributed by atoms with Gasteiger partial charge in [-0.15, -0.1) is 0 Å². The number of hydrogen-bond donors (Lipinski definition) is 0. The van der Waals surface area contributed by atoms with Crippen molar-refractivity contribution >= 4 is 0 Å². The summed E-state index contributed by atoms with van der Waals surface area (Å²) in [7, 11) is 0. The van der Waals surface area contributed by atoms with Crippen LogP contribution in [-0.2, 0) is 0 Å². The summed E-state index contributed by atoms with van der Waals surface area (Å²) in [5.41, 5.74) is 1.71. The van der Waals surface area contributed by atoms with Crippen LogP contribution in [0.15, 0.2) is 11.6 Å². The number of fused-ring (bicyclic) bond motifs is 1. The molecule has 2 aliphatic carbocycles. The summed E-state index contributed by atoms with van der Waals surface area (Å²) >= 11 is 0. The maximum atomic E-state index is 2.46.